The Morgan fingerprint density at radius 3 is 2.33 bits per heavy atom. The van der Waals surface area contributed by atoms with Crippen LogP contribution in [0, 0.1) is 11.6 Å². The summed E-state index contributed by atoms with van der Waals surface area (Å²) in [7, 11) is 0. The van der Waals surface area contributed by atoms with Gasteiger partial charge >= 0.3 is 5.97 Å². The average Bonchev–Trinajstić information content (AvgIpc) is 2.33. The molecule has 92 valence electrons. The number of benzene rings is 2. The summed E-state index contributed by atoms with van der Waals surface area (Å²) in [5.41, 5.74) is 0.288. The molecule has 0 atom stereocenters. The molecule has 0 heterocycles. The Morgan fingerprint density at radius 2 is 1.72 bits per heavy atom. The predicted molar refractivity (Wildman–Crippen MR) is 60.4 cm³/mol. The van der Waals surface area contributed by atoms with Gasteiger partial charge in [-0.25, -0.2) is 13.6 Å². The molecule has 5 heteroatoms. The summed E-state index contributed by atoms with van der Waals surface area (Å²) in [5.74, 6) is -3.44. The van der Waals surface area contributed by atoms with Crippen LogP contribution in [0.25, 0.3) is 11.1 Å². The Bertz CT molecular complexity index is 624. The molecule has 18 heavy (non-hydrogen) atoms. The molecule has 3 nitrogen and oxygen atoms in total. The molecule has 0 amide bonds. The Hall–Kier alpha value is -2.43. The molecule has 0 saturated heterocycles. The zero-order chi connectivity index (χ0) is 13.3. The molecule has 0 bridgehead atoms. The van der Waals surface area contributed by atoms with E-state index in [0.717, 1.165) is 12.1 Å². The molecule has 0 aliphatic heterocycles. The van der Waals surface area contributed by atoms with Crippen molar-refractivity contribution in [1.82, 2.24) is 0 Å². The molecular formula is C13H8F2O3. The van der Waals surface area contributed by atoms with Crippen LogP contribution < -0.4 is 0 Å². The fourth-order valence-corrected chi connectivity index (χ4v) is 1.56. The fraction of sp³-hybridized carbons (Fsp3) is 0. The first-order valence-corrected chi connectivity index (χ1v) is 5.01. The van der Waals surface area contributed by atoms with Crippen LogP contribution in [0.3, 0.4) is 0 Å². The molecule has 0 fully saturated rings. The minimum absolute atomic E-state index is 0.0486. The second kappa shape index (κ2) is 4.44. The topological polar surface area (TPSA) is 57.5 Å². The van der Waals surface area contributed by atoms with Crippen LogP contribution in [0.5, 0.6) is 5.75 Å². The van der Waals surface area contributed by atoms with E-state index in [2.05, 4.69) is 0 Å². The van der Waals surface area contributed by atoms with Gasteiger partial charge < -0.3 is 10.2 Å². The summed E-state index contributed by atoms with van der Waals surface area (Å²) < 4.78 is 25.9. The van der Waals surface area contributed by atoms with E-state index < -0.39 is 17.6 Å². The van der Waals surface area contributed by atoms with Crippen molar-refractivity contribution in [1.29, 1.82) is 0 Å². The van der Waals surface area contributed by atoms with Crippen molar-refractivity contribution >= 4 is 5.97 Å². The number of hydrogen-bond acceptors (Lipinski definition) is 2. The van der Waals surface area contributed by atoms with Crippen LogP contribution >= 0.6 is 0 Å². The van der Waals surface area contributed by atoms with Gasteiger partial charge in [0.05, 0.1) is 5.56 Å². The molecule has 0 aliphatic rings. The molecule has 0 aliphatic carbocycles. The molecule has 0 aromatic heterocycles. The van der Waals surface area contributed by atoms with E-state index in [1.54, 1.807) is 0 Å². The maximum Gasteiger partial charge on any atom is 0.335 e. The number of phenolic OH excluding ortho intramolecular Hbond substituents is 1. The average molecular weight is 250 g/mol. The summed E-state index contributed by atoms with van der Waals surface area (Å²) in [4.78, 5) is 10.8. The van der Waals surface area contributed by atoms with E-state index in [1.807, 2.05) is 0 Å². The molecule has 2 aromatic rings. The van der Waals surface area contributed by atoms with Crippen LogP contribution in [0.2, 0.25) is 0 Å². The van der Waals surface area contributed by atoms with Gasteiger partial charge in [0.15, 0.2) is 11.6 Å². The molecule has 0 unspecified atom stereocenters. The zero-order valence-corrected chi connectivity index (χ0v) is 9.02. The van der Waals surface area contributed by atoms with Gasteiger partial charge in [-0.15, -0.1) is 0 Å². The van der Waals surface area contributed by atoms with Crippen LogP contribution in [-0.2, 0) is 0 Å². The van der Waals surface area contributed by atoms with Crippen molar-refractivity contribution in [3.63, 3.8) is 0 Å². The van der Waals surface area contributed by atoms with Crippen molar-refractivity contribution < 1.29 is 23.8 Å². The summed E-state index contributed by atoms with van der Waals surface area (Å²) in [6.07, 6.45) is 0. The fourth-order valence-electron chi connectivity index (χ4n) is 1.56. The lowest BCUT2D eigenvalue weighted by atomic mass is 10.0. The minimum atomic E-state index is -1.17. The third-order valence-corrected chi connectivity index (χ3v) is 2.47. The standard InChI is InChI=1S/C13H8F2O3/c14-10-3-1-7(6-11(10)15)9-5-8(13(17)18)2-4-12(9)16/h1-6,16H,(H,17,18). The first-order valence-electron chi connectivity index (χ1n) is 5.01. The monoisotopic (exact) mass is 250 g/mol. The first kappa shape index (κ1) is 12.0. The van der Waals surface area contributed by atoms with Crippen molar-refractivity contribution in [3.8, 4) is 16.9 Å². The quantitative estimate of drug-likeness (QED) is 0.861. The largest absolute Gasteiger partial charge is 0.507 e. The van der Waals surface area contributed by atoms with E-state index in [9.17, 15) is 18.7 Å². The maximum absolute atomic E-state index is 13.1. The number of carboxylic acid groups (broad SMARTS) is 1. The highest BCUT2D eigenvalue weighted by atomic mass is 19.2. The third kappa shape index (κ3) is 2.15. The Labute approximate surface area is 101 Å². The van der Waals surface area contributed by atoms with Crippen molar-refractivity contribution in [3.05, 3.63) is 53.6 Å². The second-order valence-corrected chi connectivity index (χ2v) is 3.67. The van der Waals surface area contributed by atoms with Crippen molar-refractivity contribution in [2.45, 2.75) is 0 Å². The number of aromatic hydroxyl groups is 1. The van der Waals surface area contributed by atoms with Gasteiger partial charge in [-0.1, -0.05) is 6.07 Å². The summed E-state index contributed by atoms with van der Waals surface area (Å²) in [5, 5.41) is 18.5. The summed E-state index contributed by atoms with van der Waals surface area (Å²) in [6.45, 7) is 0. The Kier molecular flexibility index (Phi) is 2.97. The summed E-state index contributed by atoms with van der Waals surface area (Å²) in [6, 6.07) is 6.69. The van der Waals surface area contributed by atoms with E-state index in [0.29, 0.717) is 0 Å². The van der Waals surface area contributed by atoms with Crippen molar-refractivity contribution in [2.24, 2.45) is 0 Å². The lowest BCUT2D eigenvalue weighted by molar-refractivity contribution is 0.0697. The van der Waals surface area contributed by atoms with E-state index in [-0.39, 0.29) is 22.4 Å². The van der Waals surface area contributed by atoms with Gasteiger partial charge in [0, 0.05) is 5.56 Å². The number of aromatic carboxylic acids is 1. The van der Waals surface area contributed by atoms with Gasteiger partial charge in [-0.05, 0) is 35.9 Å². The molecular weight excluding hydrogens is 242 g/mol. The smallest absolute Gasteiger partial charge is 0.335 e. The van der Waals surface area contributed by atoms with Gasteiger partial charge in [-0.2, -0.15) is 0 Å². The third-order valence-electron chi connectivity index (χ3n) is 2.47. The normalized spacial score (nSPS) is 10.3. The highest BCUT2D eigenvalue weighted by molar-refractivity contribution is 5.90. The Morgan fingerprint density at radius 1 is 1.00 bits per heavy atom. The number of carbonyl (C=O) groups is 1. The van der Waals surface area contributed by atoms with Gasteiger partial charge in [0.2, 0.25) is 0 Å². The second-order valence-electron chi connectivity index (χ2n) is 3.67. The Balaban J connectivity index is 2.58. The van der Waals surface area contributed by atoms with Crippen LogP contribution in [0.4, 0.5) is 8.78 Å². The molecule has 2 rings (SSSR count). The molecule has 2 N–H and O–H groups in total. The number of halogens is 2. The number of carboxylic acids is 1. The van der Waals surface area contributed by atoms with Crippen LogP contribution in [0.1, 0.15) is 10.4 Å². The number of rotatable bonds is 2. The molecule has 2 aromatic carbocycles. The van der Waals surface area contributed by atoms with Gasteiger partial charge in [0.25, 0.3) is 0 Å². The number of hydrogen-bond donors (Lipinski definition) is 2. The van der Waals surface area contributed by atoms with Crippen LogP contribution in [0.15, 0.2) is 36.4 Å². The zero-order valence-electron chi connectivity index (χ0n) is 9.02. The highest BCUT2D eigenvalue weighted by Gasteiger charge is 2.11. The SMILES string of the molecule is O=C(O)c1ccc(O)c(-c2ccc(F)c(F)c2)c1. The van der Waals surface area contributed by atoms with E-state index in [1.165, 1.54) is 24.3 Å². The first-order chi connectivity index (χ1) is 8.49. The molecule has 0 radical (unpaired) electrons. The van der Waals surface area contributed by atoms with Gasteiger partial charge in [-0.3, -0.25) is 0 Å². The highest BCUT2D eigenvalue weighted by Crippen LogP contribution is 2.30. The molecule has 0 spiro atoms. The predicted octanol–water partition coefficient (Wildman–Crippen LogP) is 3.04. The van der Waals surface area contributed by atoms with E-state index in [4.69, 9.17) is 5.11 Å². The minimum Gasteiger partial charge on any atom is -0.507 e. The maximum atomic E-state index is 13.1. The molecule has 0 saturated carbocycles. The lowest BCUT2D eigenvalue weighted by Crippen LogP contribution is -1.96. The lowest BCUT2D eigenvalue weighted by Gasteiger charge is -2.06. The van der Waals surface area contributed by atoms with Crippen LogP contribution in [-0.4, -0.2) is 16.2 Å². The van der Waals surface area contributed by atoms with Gasteiger partial charge in [0.1, 0.15) is 5.75 Å². The summed E-state index contributed by atoms with van der Waals surface area (Å²) >= 11 is 0. The number of phenols is 1. The van der Waals surface area contributed by atoms with Crippen molar-refractivity contribution in [2.75, 3.05) is 0 Å². The van der Waals surface area contributed by atoms with E-state index >= 15 is 0 Å².